The third-order valence-electron chi connectivity index (χ3n) is 4.00. The van der Waals surface area contributed by atoms with Crippen molar-refractivity contribution in [3.8, 4) is 17.1 Å². The van der Waals surface area contributed by atoms with E-state index in [1.165, 1.54) is 0 Å². The van der Waals surface area contributed by atoms with Gasteiger partial charge in [0.15, 0.2) is 11.5 Å². The minimum atomic E-state index is 0.0226. The Morgan fingerprint density at radius 1 is 1.28 bits per heavy atom. The fourth-order valence-corrected chi connectivity index (χ4v) is 2.74. The van der Waals surface area contributed by atoms with Gasteiger partial charge in [-0.1, -0.05) is 19.8 Å². The van der Waals surface area contributed by atoms with Crippen molar-refractivity contribution < 1.29 is 9.53 Å². The van der Waals surface area contributed by atoms with Crippen LogP contribution in [0.3, 0.4) is 0 Å². The number of nitrogens with one attached hydrogen (secondary N) is 2. The number of hydrogen-bond acceptors (Lipinski definition) is 4. The van der Waals surface area contributed by atoms with Gasteiger partial charge in [0.1, 0.15) is 5.75 Å². The standard InChI is InChI=1S/C18H23N5O2/c1-4-5-6-7-17(24)19-13-8-9-15(25-3)14(11-13)18-20-16-10-12(2)21-23(16)22-18/h8-11H,4-7H2,1-3H3,(H,19,24)(H,20,22). The molecule has 0 saturated carbocycles. The fourth-order valence-electron chi connectivity index (χ4n) is 2.74. The average Bonchev–Trinajstić information content (AvgIpc) is 3.12. The van der Waals surface area contributed by atoms with Crippen LogP contribution in [0.4, 0.5) is 5.69 Å². The van der Waals surface area contributed by atoms with Crippen LogP contribution in [0.2, 0.25) is 0 Å². The molecule has 0 aliphatic heterocycles. The average molecular weight is 341 g/mol. The first-order chi connectivity index (χ1) is 12.1. The Labute approximate surface area is 146 Å². The lowest BCUT2D eigenvalue weighted by atomic mass is 10.1. The molecule has 0 aliphatic rings. The zero-order valence-corrected chi connectivity index (χ0v) is 14.8. The Bertz CT molecular complexity index is 849. The summed E-state index contributed by atoms with van der Waals surface area (Å²) in [5, 5.41) is 11.7. The number of carbonyl (C=O) groups is 1. The van der Waals surface area contributed by atoms with Crippen LogP contribution in [0.1, 0.15) is 38.3 Å². The van der Waals surface area contributed by atoms with E-state index in [0.29, 0.717) is 18.0 Å². The Balaban J connectivity index is 1.84. The predicted molar refractivity (Wildman–Crippen MR) is 96.8 cm³/mol. The highest BCUT2D eigenvalue weighted by Crippen LogP contribution is 2.31. The van der Waals surface area contributed by atoms with Crippen molar-refractivity contribution in [1.29, 1.82) is 0 Å². The molecular weight excluding hydrogens is 318 g/mol. The summed E-state index contributed by atoms with van der Waals surface area (Å²) < 4.78 is 6.99. The minimum Gasteiger partial charge on any atom is -0.496 e. The number of methoxy groups -OCH3 is 1. The van der Waals surface area contributed by atoms with Crippen LogP contribution >= 0.6 is 0 Å². The highest BCUT2D eigenvalue weighted by Gasteiger charge is 2.14. The van der Waals surface area contributed by atoms with Gasteiger partial charge < -0.3 is 15.0 Å². The molecule has 0 aliphatic carbocycles. The molecule has 0 spiro atoms. The zero-order chi connectivity index (χ0) is 17.8. The highest BCUT2D eigenvalue weighted by atomic mass is 16.5. The molecule has 3 aromatic rings. The molecule has 2 N–H and O–H groups in total. The zero-order valence-electron chi connectivity index (χ0n) is 14.8. The molecule has 3 rings (SSSR count). The number of anilines is 1. The van der Waals surface area contributed by atoms with Gasteiger partial charge >= 0.3 is 0 Å². The van der Waals surface area contributed by atoms with Crippen LogP contribution in [0.15, 0.2) is 24.3 Å². The van der Waals surface area contributed by atoms with E-state index in [4.69, 9.17) is 4.74 Å². The van der Waals surface area contributed by atoms with Crippen molar-refractivity contribution in [1.82, 2.24) is 19.8 Å². The first kappa shape index (κ1) is 17.0. The minimum absolute atomic E-state index is 0.0226. The quantitative estimate of drug-likeness (QED) is 0.644. The number of rotatable bonds is 7. The van der Waals surface area contributed by atoms with E-state index >= 15 is 0 Å². The highest BCUT2D eigenvalue weighted by molar-refractivity contribution is 5.91. The molecule has 2 aromatic heterocycles. The summed E-state index contributed by atoms with van der Waals surface area (Å²) in [5.74, 6) is 1.34. The fraction of sp³-hybridized carbons (Fsp3) is 0.389. The topological polar surface area (TPSA) is 84.3 Å². The summed E-state index contributed by atoms with van der Waals surface area (Å²) in [6, 6.07) is 7.44. The molecule has 0 saturated heterocycles. The first-order valence-corrected chi connectivity index (χ1v) is 8.51. The van der Waals surface area contributed by atoms with E-state index in [1.807, 2.05) is 31.2 Å². The largest absolute Gasteiger partial charge is 0.496 e. The first-order valence-electron chi connectivity index (χ1n) is 8.51. The SMILES string of the molecule is CCCCCC(=O)Nc1ccc(OC)c(-c2nn3nc(C)cc3[nH]2)c1. The third-order valence-corrected chi connectivity index (χ3v) is 4.00. The molecule has 2 heterocycles. The number of unbranched alkanes of at least 4 members (excludes halogenated alkanes) is 2. The number of benzene rings is 1. The molecule has 7 heteroatoms. The van der Waals surface area contributed by atoms with Crippen molar-refractivity contribution in [2.75, 3.05) is 12.4 Å². The lowest BCUT2D eigenvalue weighted by Crippen LogP contribution is -2.11. The van der Waals surface area contributed by atoms with Crippen molar-refractivity contribution in [2.45, 2.75) is 39.5 Å². The Morgan fingerprint density at radius 2 is 2.12 bits per heavy atom. The Hall–Kier alpha value is -2.83. The number of ether oxygens (including phenoxy) is 1. The third kappa shape index (κ3) is 3.81. The molecule has 7 nitrogen and oxygen atoms in total. The number of hydrogen-bond donors (Lipinski definition) is 2. The number of H-pyrrole nitrogens is 1. The summed E-state index contributed by atoms with van der Waals surface area (Å²) in [7, 11) is 1.61. The van der Waals surface area contributed by atoms with Crippen molar-refractivity contribution >= 4 is 17.2 Å². The monoisotopic (exact) mass is 341 g/mol. The van der Waals surface area contributed by atoms with E-state index in [1.54, 1.807) is 11.7 Å². The van der Waals surface area contributed by atoms with Crippen LogP contribution in [-0.2, 0) is 4.79 Å². The van der Waals surface area contributed by atoms with E-state index < -0.39 is 0 Å². The lowest BCUT2D eigenvalue weighted by Gasteiger charge is -2.10. The normalized spacial score (nSPS) is 11.0. The van der Waals surface area contributed by atoms with Gasteiger partial charge in [-0.2, -0.15) is 5.10 Å². The van der Waals surface area contributed by atoms with Gasteiger partial charge in [0.25, 0.3) is 0 Å². The van der Waals surface area contributed by atoms with E-state index in [-0.39, 0.29) is 5.91 Å². The van der Waals surface area contributed by atoms with E-state index in [9.17, 15) is 4.79 Å². The predicted octanol–water partition coefficient (Wildman–Crippen LogP) is 3.56. The molecule has 0 bridgehead atoms. The second-order valence-corrected chi connectivity index (χ2v) is 6.05. The maximum Gasteiger partial charge on any atom is 0.224 e. The van der Waals surface area contributed by atoms with Crippen molar-refractivity contribution in [3.63, 3.8) is 0 Å². The number of fused-ring (bicyclic) bond motifs is 1. The number of amides is 1. The molecule has 0 atom stereocenters. The molecule has 1 amide bonds. The summed E-state index contributed by atoms with van der Waals surface area (Å²) in [4.78, 5) is 15.3. The van der Waals surface area contributed by atoms with Gasteiger partial charge in [0.2, 0.25) is 5.91 Å². The Morgan fingerprint density at radius 3 is 2.84 bits per heavy atom. The van der Waals surface area contributed by atoms with Crippen molar-refractivity contribution in [3.05, 3.63) is 30.0 Å². The molecule has 25 heavy (non-hydrogen) atoms. The second kappa shape index (κ2) is 7.38. The summed E-state index contributed by atoms with van der Waals surface area (Å²) in [6.07, 6.45) is 3.59. The molecule has 0 unspecified atom stereocenters. The smallest absolute Gasteiger partial charge is 0.224 e. The molecular formula is C18H23N5O2. The van der Waals surface area contributed by atoms with Gasteiger partial charge in [-0.3, -0.25) is 4.79 Å². The van der Waals surface area contributed by atoms with Gasteiger partial charge in [-0.15, -0.1) is 9.73 Å². The van der Waals surface area contributed by atoms with Gasteiger partial charge in [-0.05, 0) is 31.5 Å². The number of aromatic nitrogens is 4. The van der Waals surface area contributed by atoms with Crippen LogP contribution in [0.25, 0.3) is 17.0 Å². The van der Waals surface area contributed by atoms with Crippen LogP contribution in [0, 0.1) is 6.92 Å². The Kier molecular flexibility index (Phi) is 5.02. The second-order valence-electron chi connectivity index (χ2n) is 6.05. The lowest BCUT2D eigenvalue weighted by molar-refractivity contribution is -0.116. The molecule has 1 aromatic carbocycles. The number of aryl methyl sites for hydroxylation is 1. The van der Waals surface area contributed by atoms with Crippen LogP contribution in [0.5, 0.6) is 5.75 Å². The van der Waals surface area contributed by atoms with Gasteiger partial charge in [0, 0.05) is 18.2 Å². The van der Waals surface area contributed by atoms with Crippen molar-refractivity contribution in [2.24, 2.45) is 0 Å². The van der Waals surface area contributed by atoms with E-state index in [0.717, 1.165) is 41.9 Å². The molecule has 0 radical (unpaired) electrons. The van der Waals surface area contributed by atoms with Crippen LogP contribution in [-0.4, -0.2) is 32.8 Å². The van der Waals surface area contributed by atoms with E-state index in [2.05, 4.69) is 27.4 Å². The summed E-state index contributed by atoms with van der Waals surface area (Å²) in [5.41, 5.74) is 3.20. The maximum absolute atomic E-state index is 12.0. The van der Waals surface area contributed by atoms with Crippen LogP contribution < -0.4 is 10.1 Å². The number of aromatic amines is 1. The maximum atomic E-state index is 12.0. The molecule has 132 valence electrons. The summed E-state index contributed by atoms with van der Waals surface area (Å²) >= 11 is 0. The molecule has 0 fully saturated rings. The summed E-state index contributed by atoms with van der Waals surface area (Å²) in [6.45, 7) is 4.03. The number of carbonyl (C=O) groups excluding carboxylic acids is 1. The number of nitrogens with zero attached hydrogens (tertiary/aromatic N) is 3. The van der Waals surface area contributed by atoms with Gasteiger partial charge in [-0.25, -0.2) is 0 Å². The van der Waals surface area contributed by atoms with Gasteiger partial charge in [0.05, 0.1) is 18.4 Å².